The molecule has 14 heteroatoms. The fraction of sp³-hybridized carbons (Fsp3) is 0.412. The summed E-state index contributed by atoms with van der Waals surface area (Å²) in [5.41, 5.74) is -2.48. The lowest BCUT2D eigenvalue weighted by Gasteiger charge is -2.23. The lowest BCUT2D eigenvalue weighted by Crippen LogP contribution is -2.22. The van der Waals surface area contributed by atoms with E-state index >= 15 is 0 Å². The second kappa shape index (κ2) is 9.64. The Morgan fingerprint density at radius 3 is 2.48 bits per heavy atom. The summed E-state index contributed by atoms with van der Waals surface area (Å²) in [6, 6.07) is 0.472. The van der Waals surface area contributed by atoms with E-state index in [1.54, 1.807) is 0 Å². The smallest absolute Gasteiger partial charge is 0.435 e. The van der Waals surface area contributed by atoms with Crippen LogP contribution in [-0.4, -0.2) is 39.3 Å². The number of benzene rings is 1. The van der Waals surface area contributed by atoms with Gasteiger partial charge in [0.25, 0.3) is 5.91 Å². The van der Waals surface area contributed by atoms with E-state index in [-0.39, 0.29) is 18.5 Å². The molecule has 31 heavy (non-hydrogen) atoms. The summed E-state index contributed by atoms with van der Waals surface area (Å²) >= 11 is 6.06. The number of anilines is 1. The van der Waals surface area contributed by atoms with Gasteiger partial charge in [0, 0.05) is 18.7 Å². The Balaban J connectivity index is 2.66. The Labute approximate surface area is 181 Å². The number of nitrogens with one attached hydrogen (secondary N) is 1. The zero-order valence-corrected chi connectivity index (χ0v) is 18.2. The topological polar surface area (TPSA) is 121 Å². The van der Waals surface area contributed by atoms with Gasteiger partial charge in [0.05, 0.1) is 38.5 Å². The van der Waals surface area contributed by atoms with Crippen molar-refractivity contribution >= 4 is 40.5 Å². The van der Waals surface area contributed by atoms with Crippen molar-refractivity contribution in [2.24, 2.45) is 0 Å². The number of aromatic nitrogens is 2. The first kappa shape index (κ1) is 24.6. The number of hydrogen-bond donors (Lipinski definition) is 1. The molecular weight excluding hydrogens is 467 g/mol. The highest BCUT2D eigenvalue weighted by molar-refractivity contribution is 7.84. The van der Waals surface area contributed by atoms with Crippen LogP contribution in [0.4, 0.5) is 24.0 Å². The Hall–Kier alpha value is -2.67. The Morgan fingerprint density at radius 2 is 2.00 bits per heavy atom. The molecule has 0 saturated heterocycles. The molecule has 1 heterocycles. The van der Waals surface area contributed by atoms with Gasteiger partial charge in [0.2, 0.25) is 5.89 Å². The number of nitrogens with zero attached hydrogens (tertiary/aromatic N) is 2. The third-order valence-electron chi connectivity index (χ3n) is 3.79. The molecule has 0 fully saturated rings. The van der Waals surface area contributed by atoms with Crippen LogP contribution < -0.4 is 5.32 Å². The number of ether oxygens (including phenoxy) is 2. The second-order valence-corrected chi connectivity index (χ2v) is 7.70. The number of aryl methyl sites for hydroxylation is 1. The molecular formula is C17H17ClF3N3O6S. The molecule has 2 atom stereocenters. The van der Waals surface area contributed by atoms with Gasteiger partial charge >= 0.3 is 18.3 Å². The molecule has 2 aromatic rings. The number of rotatable bonds is 6. The zero-order chi connectivity index (χ0) is 23.5. The molecule has 0 spiro atoms. The lowest BCUT2D eigenvalue weighted by atomic mass is 9.98. The highest BCUT2D eigenvalue weighted by atomic mass is 35.5. The van der Waals surface area contributed by atoms with Crippen LogP contribution in [0.25, 0.3) is 0 Å². The largest absolute Gasteiger partial charge is 0.508 e. The Kier molecular flexibility index (Phi) is 7.65. The van der Waals surface area contributed by atoms with Crippen molar-refractivity contribution in [3.05, 3.63) is 33.7 Å². The van der Waals surface area contributed by atoms with Crippen LogP contribution in [0.5, 0.6) is 0 Å². The number of carbonyl (C=O) groups is 2. The highest BCUT2D eigenvalue weighted by Crippen LogP contribution is 2.43. The third kappa shape index (κ3) is 5.73. The summed E-state index contributed by atoms with van der Waals surface area (Å²) in [6.07, 6.45) is -6.79. The van der Waals surface area contributed by atoms with Gasteiger partial charge in [-0.05, 0) is 19.9 Å². The highest BCUT2D eigenvalue weighted by Gasteiger charge is 2.41. The van der Waals surface area contributed by atoms with Crippen molar-refractivity contribution in [3.63, 3.8) is 0 Å². The van der Waals surface area contributed by atoms with Crippen molar-refractivity contribution < 1.29 is 40.9 Å². The van der Waals surface area contributed by atoms with E-state index in [2.05, 4.69) is 20.3 Å². The van der Waals surface area contributed by atoms with E-state index in [1.807, 2.05) is 0 Å². The number of halogens is 4. The maximum atomic E-state index is 13.9. The van der Waals surface area contributed by atoms with Crippen LogP contribution in [0.3, 0.4) is 0 Å². The van der Waals surface area contributed by atoms with Gasteiger partial charge in [0.1, 0.15) is 6.10 Å². The van der Waals surface area contributed by atoms with Crippen molar-refractivity contribution in [2.45, 2.75) is 37.9 Å². The number of hydrogen-bond acceptors (Lipinski definition) is 8. The van der Waals surface area contributed by atoms with E-state index in [0.29, 0.717) is 0 Å². The average Bonchev–Trinajstić information content (AvgIpc) is 3.04. The predicted octanol–water partition coefficient (Wildman–Crippen LogP) is 4.27. The average molecular weight is 484 g/mol. The molecule has 0 aliphatic carbocycles. The molecule has 2 unspecified atom stereocenters. The molecule has 2 rings (SSSR count). The Morgan fingerprint density at radius 1 is 1.35 bits per heavy atom. The maximum Gasteiger partial charge on any atom is 0.508 e. The third-order valence-corrected chi connectivity index (χ3v) is 5.27. The summed E-state index contributed by atoms with van der Waals surface area (Å²) in [6.45, 7) is 4.01. The Bertz CT molecular complexity index is 1030. The van der Waals surface area contributed by atoms with E-state index in [4.69, 9.17) is 20.8 Å². The van der Waals surface area contributed by atoms with Gasteiger partial charge in [-0.3, -0.25) is 14.3 Å². The minimum atomic E-state index is -5.02. The van der Waals surface area contributed by atoms with Crippen molar-refractivity contribution in [2.75, 3.05) is 18.2 Å². The molecule has 9 nitrogen and oxygen atoms in total. The van der Waals surface area contributed by atoms with Crippen LogP contribution in [0.2, 0.25) is 5.02 Å². The van der Waals surface area contributed by atoms with Crippen LogP contribution in [0.1, 0.15) is 47.3 Å². The van der Waals surface area contributed by atoms with Gasteiger partial charge in [-0.15, -0.1) is 5.10 Å². The monoisotopic (exact) mass is 483 g/mol. The fourth-order valence-electron chi connectivity index (χ4n) is 2.57. The van der Waals surface area contributed by atoms with Crippen LogP contribution in [0, 0.1) is 6.92 Å². The van der Waals surface area contributed by atoms with Gasteiger partial charge in [0.15, 0.2) is 0 Å². The first-order chi connectivity index (χ1) is 14.4. The fourth-order valence-corrected chi connectivity index (χ4v) is 4.02. The summed E-state index contributed by atoms with van der Waals surface area (Å²) in [4.78, 5) is 23.4. The molecule has 1 aromatic carbocycles. The molecule has 0 saturated carbocycles. The molecule has 0 radical (unpaired) electrons. The molecule has 0 aliphatic rings. The standard InChI is InChI=1S/C17H17ClF3N3O6S/c1-5-28-16(26)29-7(2)9-6-10(14(25)22-15-24-23-8(3)30-15)12(18)13(31(4)27)11(9)17(19,20)21/h6-7H,5H2,1-4H3,(H,22,24,25). The molecule has 170 valence electrons. The lowest BCUT2D eigenvalue weighted by molar-refractivity contribution is -0.141. The van der Waals surface area contributed by atoms with Crippen molar-refractivity contribution in [1.29, 1.82) is 0 Å². The summed E-state index contributed by atoms with van der Waals surface area (Å²) in [7, 11) is -2.27. The zero-order valence-electron chi connectivity index (χ0n) is 16.6. The molecule has 1 N–H and O–H groups in total. The van der Waals surface area contributed by atoms with Gasteiger partial charge in [-0.1, -0.05) is 16.7 Å². The molecule has 1 aromatic heterocycles. The van der Waals surface area contributed by atoms with E-state index in [1.165, 1.54) is 13.8 Å². The first-order valence-corrected chi connectivity index (χ1v) is 10.5. The van der Waals surface area contributed by atoms with Crippen LogP contribution in [-0.2, 0) is 26.4 Å². The van der Waals surface area contributed by atoms with Gasteiger partial charge in [-0.2, -0.15) is 13.2 Å². The normalized spacial score (nSPS) is 13.4. The minimum absolute atomic E-state index is 0.0697. The van der Waals surface area contributed by atoms with Gasteiger partial charge in [-0.25, -0.2) is 4.79 Å². The number of alkyl halides is 3. The van der Waals surface area contributed by atoms with Crippen LogP contribution in [0.15, 0.2) is 15.4 Å². The second-order valence-electron chi connectivity index (χ2n) is 6.01. The quantitative estimate of drug-likeness (QED) is 0.604. The van der Waals surface area contributed by atoms with Gasteiger partial charge < -0.3 is 13.9 Å². The van der Waals surface area contributed by atoms with E-state index in [0.717, 1.165) is 19.2 Å². The minimum Gasteiger partial charge on any atom is -0.435 e. The predicted molar refractivity (Wildman–Crippen MR) is 102 cm³/mol. The SMILES string of the molecule is CCOC(=O)OC(C)c1cc(C(=O)Nc2nnc(C)o2)c(Cl)c(S(C)=O)c1C(F)(F)F. The van der Waals surface area contributed by atoms with E-state index < -0.39 is 61.8 Å². The summed E-state index contributed by atoms with van der Waals surface area (Å²) in [5, 5.41) is 8.57. The number of carbonyl (C=O) groups excluding carboxylic acids is 2. The molecule has 0 bridgehead atoms. The van der Waals surface area contributed by atoms with E-state index in [9.17, 15) is 27.0 Å². The molecule has 1 amide bonds. The summed E-state index contributed by atoms with van der Waals surface area (Å²) in [5.74, 6) is -0.875. The number of amides is 1. The summed E-state index contributed by atoms with van der Waals surface area (Å²) < 4.78 is 68.3. The first-order valence-electron chi connectivity index (χ1n) is 8.58. The maximum absolute atomic E-state index is 13.9. The van der Waals surface area contributed by atoms with Crippen molar-refractivity contribution in [1.82, 2.24) is 10.2 Å². The van der Waals surface area contributed by atoms with Crippen LogP contribution >= 0.6 is 11.6 Å². The molecule has 0 aliphatic heterocycles. The van der Waals surface area contributed by atoms with Crippen molar-refractivity contribution in [3.8, 4) is 0 Å².